The molecule has 6 heteroatoms. The van der Waals surface area contributed by atoms with E-state index in [0.29, 0.717) is 0 Å². The molecule has 27 heavy (non-hydrogen) atoms. The Kier molecular flexibility index (Phi) is 4.01. The van der Waals surface area contributed by atoms with Crippen LogP contribution in [0.15, 0.2) is 24.4 Å². The van der Waals surface area contributed by atoms with Gasteiger partial charge in [-0.05, 0) is 68.1 Å². The molecule has 140 valence electrons. The van der Waals surface area contributed by atoms with Crippen molar-refractivity contribution < 1.29 is 4.79 Å². The lowest BCUT2D eigenvalue weighted by Crippen LogP contribution is -2.47. The second-order valence-electron chi connectivity index (χ2n) is 7.71. The van der Waals surface area contributed by atoms with Gasteiger partial charge in [-0.2, -0.15) is 5.10 Å². The van der Waals surface area contributed by atoms with Crippen LogP contribution in [-0.2, 0) is 12.8 Å². The van der Waals surface area contributed by atoms with Crippen LogP contribution < -0.4 is 5.32 Å². The molecule has 1 saturated heterocycles. The van der Waals surface area contributed by atoms with Crippen LogP contribution in [0.2, 0.25) is 0 Å². The van der Waals surface area contributed by atoms with Crippen molar-refractivity contribution in [3.05, 3.63) is 41.1 Å². The van der Waals surface area contributed by atoms with E-state index in [1.54, 1.807) is 0 Å². The summed E-state index contributed by atoms with van der Waals surface area (Å²) in [4.78, 5) is 18.8. The largest absolute Gasteiger partial charge is 0.353 e. The van der Waals surface area contributed by atoms with Crippen LogP contribution in [0.25, 0.3) is 22.3 Å². The molecule has 0 radical (unpaired) electrons. The highest BCUT2D eigenvalue weighted by molar-refractivity contribution is 6.00. The number of nitrogens with one attached hydrogen (secondary N) is 3. The Morgan fingerprint density at radius 3 is 3.15 bits per heavy atom. The Morgan fingerprint density at radius 2 is 2.26 bits per heavy atom. The highest BCUT2D eigenvalue weighted by Gasteiger charge is 2.24. The van der Waals surface area contributed by atoms with Gasteiger partial charge >= 0.3 is 0 Å². The third-order valence-corrected chi connectivity index (χ3v) is 6.07. The van der Waals surface area contributed by atoms with Crippen molar-refractivity contribution in [3.8, 4) is 11.4 Å². The smallest absolute Gasteiger partial charge is 0.251 e. The molecule has 1 aliphatic carbocycles. The zero-order valence-corrected chi connectivity index (χ0v) is 15.6. The van der Waals surface area contributed by atoms with Gasteiger partial charge in [0.1, 0.15) is 0 Å². The van der Waals surface area contributed by atoms with Crippen molar-refractivity contribution in [1.82, 2.24) is 25.4 Å². The average molecular weight is 363 g/mol. The van der Waals surface area contributed by atoms with E-state index in [1.807, 2.05) is 24.4 Å². The molecular weight excluding hydrogens is 338 g/mol. The lowest BCUT2D eigenvalue weighted by Gasteiger charge is -2.32. The number of aromatic nitrogens is 3. The van der Waals surface area contributed by atoms with E-state index in [0.717, 1.165) is 73.2 Å². The van der Waals surface area contributed by atoms with Gasteiger partial charge in [-0.3, -0.25) is 9.89 Å². The number of carbonyl (C=O) groups excluding carboxylic acids is 1. The minimum Gasteiger partial charge on any atom is -0.353 e. The Morgan fingerprint density at radius 1 is 1.33 bits per heavy atom. The molecule has 2 aliphatic rings. The molecule has 1 atom stereocenters. The summed E-state index contributed by atoms with van der Waals surface area (Å²) in [7, 11) is 0. The normalized spacial score (nSPS) is 19.7. The van der Waals surface area contributed by atoms with E-state index < -0.39 is 0 Å². The first-order valence-electron chi connectivity index (χ1n) is 9.93. The van der Waals surface area contributed by atoms with Crippen LogP contribution in [0, 0.1) is 0 Å². The molecule has 0 saturated carbocycles. The molecule has 1 amide bonds. The van der Waals surface area contributed by atoms with Gasteiger partial charge in [0.25, 0.3) is 5.91 Å². The summed E-state index contributed by atoms with van der Waals surface area (Å²) in [5.74, 6) is 0.0350. The first-order valence-corrected chi connectivity index (χ1v) is 9.93. The Labute approximate surface area is 158 Å². The summed E-state index contributed by atoms with van der Waals surface area (Å²) < 4.78 is 0. The molecule has 2 aromatic heterocycles. The lowest BCUT2D eigenvalue weighted by molar-refractivity contribution is 0.0906. The maximum atomic E-state index is 12.8. The number of hydrogen-bond donors (Lipinski definition) is 3. The number of amides is 1. The van der Waals surface area contributed by atoms with Crippen molar-refractivity contribution in [2.24, 2.45) is 0 Å². The summed E-state index contributed by atoms with van der Waals surface area (Å²) >= 11 is 0. The molecule has 0 spiro atoms. The first kappa shape index (κ1) is 16.6. The summed E-state index contributed by atoms with van der Waals surface area (Å²) in [6.45, 7) is 5.31. The fourth-order valence-electron chi connectivity index (χ4n) is 4.57. The van der Waals surface area contributed by atoms with E-state index in [2.05, 4.69) is 32.3 Å². The van der Waals surface area contributed by atoms with E-state index in [9.17, 15) is 4.79 Å². The molecule has 0 bridgehead atoms. The number of piperidine rings is 1. The number of aryl methyl sites for hydroxylation is 2. The number of fused-ring (bicyclic) bond motifs is 5. The van der Waals surface area contributed by atoms with Crippen LogP contribution in [0.3, 0.4) is 0 Å². The summed E-state index contributed by atoms with van der Waals surface area (Å²) in [6, 6.07) is 6.24. The van der Waals surface area contributed by atoms with Crippen LogP contribution in [0.1, 0.15) is 41.3 Å². The minimum absolute atomic E-state index is 0.0350. The van der Waals surface area contributed by atoms with Crippen LogP contribution >= 0.6 is 0 Å². The maximum absolute atomic E-state index is 12.8. The fourth-order valence-corrected chi connectivity index (χ4v) is 4.57. The second kappa shape index (κ2) is 6.53. The fraction of sp³-hybridized carbons (Fsp3) is 0.429. The quantitative estimate of drug-likeness (QED) is 0.670. The number of likely N-dealkylation sites (N-methyl/N-ethyl adjacent to an activating group) is 1. The Balaban J connectivity index is 1.43. The molecule has 3 N–H and O–H groups in total. The molecule has 6 nitrogen and oxygen atoms in total. The predicted molar refractivity (Wildman–Crippen MR) is 106 cm³/mol. The van der Waals surface area contributed by atoms with Crippen molar-refractivity contribution in [2.45, 2.75) is 38.6 Å². The number of benzene rings is 1. The van der Waals surface area contributed by atoms with Gasteiger partial charge in [-0.1, -0.05) is 6.92 Å². The number of carbonyl (C=O) groups is 1. The topological polar surface area (TPSA) is 76.8 Å². The summed E-state index contributed by atoms with van der Waals surface area (Å²) in [5.41, 5.74) is 6.56. The van der Waals surface area contributed by atoms with Gasteiger partial charge in [0.2, 0.25) is 0 Å². The van der Waals surface area contributed by atoms with Crippen LogP contribution in [-0.4, -0.2) is 51.7 Å². The van der Waals surface area contributed by atoms with E-state index in [-0.39, 0.29) is 11.9 Å². The maximum Gasteiger partial charge on any atom is 0.251 e. The molecule has 1 aromatic carbocycles. The standard InChI is InChI=1S/C21H25N5O/c1-2-26-9-3-4-15(12-26)23-21(27)13-6-8-18-17(10-13)16-7-5-14-11-22-25-19(14)20(16)24-18/h6,8,10-11,15,24H,2-5,7,9,12H2,1H3,(H,22,25)(H,23,27). The highest BCUT2D eigenvalue weighted by Crippen LogP contribution is 2.36. The van der Waals surface area contributed by atoms with Crippen molar-refractivity contribution >= 4 is 16.8 Å². The number of rotatable bonds is 3. The molecule has 1 aliphatic heterocycles. The minimum atomic E-state index is 0.0350. The Bertz CT molecular complexity index is 1000. The third kappa shape index (κ3) is 2.84. The number of nitrogens with zero attached hydrogens (tertiary/aromatic N) is 2. The van der Waals surface area contributed by atoms with Crippen LogP contribution in [0.5, 0.6) is 0 Å². The van der Waals surface area contributed by atoms with E-state index in [4.69, 9.17) is 0 Å². The second-order valence-corrected chi connectivity index (χ2v) is 7.71. The molecule has 5 rings (SSSR count). The average Bonchev–Trinajstić information content (AvgIpc) is 3.31. The molecule has 3 heterocycles. The monoisotopic (exact) mass is 363 g/mol. The molecule has 1 fully saturated rings. The predicted octanol–water partition coefficient (Wildman–Crippen LogP) is 2.87. The van der Waals surface area contributed by atoms with Gasteiger partial charge in [0, 0.05) is 29.1 Å². The first-order chi connectivity index (χ1) is 13.2. The number of hydrogen-bond acceptors (Lipinski definition) is 3. The number of likely N-dealkylation sites (tertiary alicyclic amines) is 1. The molecule has 3 aromatic rings. The van der Waals surface area contributed by atoms with Gasteiger partial charge in [-0.25, -0.2) is 0 Å². The zero-order valence-electron chi connectivity index (χ0n) is 15.6. The SMILES string of the molecule is CCN1CCCC(NC(=O)c2ccc3[nH]c4c(c3c2)CCc2cn[nH]c2-4)C1. The van der Waals surface area contributed by atoms with Gasteiger partial charge < -0.3 is 15.2 Å². The van der Waals surface area contributed by atoms with Crippen molar-refractivity contribution in [1.29, 1.82) is 0 Å². The van der Waals surface area contributed by atoms with Crippen LogP contribution in [0.4, 0.5) is 0 Å². The molecule has 1 unspecified atom stereocenters. The van der Waals surface area contributed by atoms with Crippen molar-refractivity contribution in [2.75, 3.05) is 19.6 Å². The van der Waals surface area contributed by atoms with E-state index in [1.165, 1.54) is 11.1 Å². The Hall–Kier alpha value is -2.60. The van der Waals surface area contributed by atoms with Gasteiger partial charge in [-0.15, -0.1) is 0 Å². The molecular formula is C21H25N5O. The summed E-state index contributed by atoms with van der Waals surface area (Å²) in [5, 5.41) is 11.7. The third-order valence-electron chi connectivity index (χ3n) is 6.07. The number of H-pyrrole nitrogens is 2. The van der Waals surface area contributed by atoms with E-state index >= 15 is 0 Å². The van der Waals surface area contributed by atoms with Gasteiger partial charge in [0.15, 0.2) is 0 Å². The van der Waals surface area contributed by atoms with Crippen molar-refractivity contribution in [3.63, 3.8) is 0 Å². The zero-order chi connectivity index (χ0) is 18.4. The van der Waals surface area contributed by atoms with Gasteiger partial charge in [0.05, 0.1) is 17.6 Å². The lowest BCUT2D eigenvalue weighted by atomic mass is 9.93. The summed E-state index contributed by atoms with van der Waals surface area (Å²) in [6.07, 6.45) is 6.08. The number of aromatic amines is 2. The highest BCUT2D eigenvalue weighted by atomic mass is 16.1.